The van der Waals surface area contributed by atoms with Gasteiger partial charge >= 0.3 is 0 Å². The lowest BCUT2D eigenvalue weighted by Crippen LogP contribution is -1.72. The number of fused-ring (bicyclic) bond motifs is 1. The molecule has 2 rings (SSSR count). The molecule has 0 amide bonds. The number of hydrogen-bond donors (Lipinski definition) is 0. The monoisotopic (exact) mass is 270 g/mol. The van der Waals surface area contributed by atoms with Crippen molar-refractivity contribution in [1.82, 2.24) is 4.98 Å². The second kappa shape index (κ2) is 3.64. The van der Waals surface area contributed by atoms with Crippen molar-refractivity contribution in [3.8, 4) is 0 Å². The summed E-state index contributed by atoms with van der Waals surface area (Å²) in [6.45, 7) is 0. The molecule has 0 aliphatic rings. The number of aromatic nitrogens is 1. The molecule has 0 spiro atoms. The molecule has 1 aromatic carbocycles. The Hall–Kier alpha value is -0.610. The minimum atomic E-state index is 0.772. The van der Waals surface area contributed by atoms with Crippen LogP contribution >= 0.6 is 39.5 Å². The first-order chi connectivity index (χ1) is 6.33. The average Bonchev–Trinajstić information content (AvgIpc) is 2.58. The number of nitrogens with zero attached hydrogens (tertiary/aromatic N) is 2. The summed E-state index contributed by atoms with van der Waals surface area (Å²) in [5, 5.41) is 2.34. The Morgan fingerprint density at radius 2 is 2.38 bits per heavy atom. The first kappa shape index (κ1) is 8.97. The van der Waals surface area contributed by atoms with Gasteiger partial charge < -0.3 is 0 Å². The van der Waals surface area contributed by atoms with Crippen LogP contribution in [0.15, 0.2) is 27.1 Å². The van der Waals surface area contributed by atoms with E-state index < -0.39 is 0 Å². The Balaban J connectivity index is 2.80. The maximum atomic E-state index is 4.54. The Morgan fingerprint density at radius 3 is 3.15 bits per heavy atom. The van der Waals surface area contributed by atoms with Crippen LogP contribution in [0.2, 0.25) is 0 Å². The maximum absolute atomic E-state index is 4.54. The molecule has 0 N–H and O–H groups in total. The minimum absolute atomic E-state index is 0.772. The fourth-order valence-electron chi connectivity index (χ4n) is 1.02. The lowest BCUT2D eigenvalue weighted by molar-refractivity contribution is 1.46. The zero-order valence-electron chi connectivity index (χ0n) is 6.32. The molecular formula is C8H3BrN2S2. The van der Waals surface area contributed by atoms with Gasteiger partial charge in [0.05, 0.1) is 31.0 Å². The highest BCUT2D eigenvalue weighted by Crippen LogP contribution is 2.33. The summed E-state index contributed by atoms with van der Waals surface area (Å²) in [6.07, 6.45) is 0. The van der Waals surface area contributed by atoms with Gasteiger partial charge in [-0.2, -0.15) is 4.99 Å². The van der Waals surface area contributed by atoms with Crippen LogP contribution in [0, 0.1) is 0 Å². The minimum Gasteiger partial charge on any atom is -0.243 e. The number of isothiocyanates is 1. The molecule has 0 bridgehead atoms. The molecule has 0 radical (unpaired) electrons. The number of rotatable bonds is 1. The van der Waals surface area contributed by atoms with Gasteiger partial charge in [-0.3, -0.25) is 0 Å². The average molecular weight is 271 g/mol. The molecule has 1 aromatic heterocycles. The Morgan fingerprint density at radius 1 is 1.54 bits per heavy atom. The summed E-state index contributed by atoms with van der Waals surface area (Å²) in [7, 11) is 0. The SMILES string of the molecule is S=C=Nc1ccc2scnc2c1Br. The van der Waals surface area contributed by atoms with Gasteiger partial charge in [0.15, 0.2) is 0 Å². The van der Waals surface area contributed by atoms with E-state index in [0.29, 0.717) is 0 Å². The van der Waals surface area contributed by atoms with Crippen molar-refractivity contribution >= 4 is 60.5 Å². The molecule has 64 valence electrons. The number of aliphatic imine (C=N–C) groups is 1. The summed E-state index contributed by atoms with van der Waals surface area (Å²) < 4.78 is 2.01. The highest BCUT2D eigenvalue weighted by molar-refractivity contribution is 9.10. The molecule has 0 saturated carbocycles. The third kappa shape index (κ3) is 1.56. The Kier molecular flexibility index (Phi) is 2.51. The molecule has 2 aromatic rings. The summed E-state index contributed by atoms with van der Waals surface area (Å²) in [5.74, 6) is 0. The lowest BCUT2D eigenvalue weighted by Gasteiger charge is -1.95. The fraction of sp³-hybridized carbons (Fsp3) is 0. The molecule has 0 aliphatic heterocycles. The van der Waals surface area contributed by atoms with Gasteiger partial charge in [0.2, 0.25) is 0 Å². The Labute approximate surface area is 92.5 Å². The standard InChI is InChI=1S/C8H3BrN2S2/c9-7-5(10-3-12)1-2-6-8(7)11-4-13-6/h1-2,4H. The van der Waals surface area contributed by atoms with Gasteiger partial charge in [-0.05, 0) is 40.3 Å². The molecule has 2 nitrogen and oxygen atoms in total. The van der Waals surface area contributed by atoms with Gasteiger partial charge in [-0.25, -0.2) is 4.98 Å². The van der Waals surface area contributed by atoms with E-state index >= 15 is 0 Å². The highest BCUT2D eigenvalue weighted by atomic mass is 79.9. The van der Waals surface area contributed by atoms with Crippen molar-refractivity contribution < 1.29 is 0 Å². The van der Waals surface area contributed by atoms with E-state index in [1.54, 1.807) is 16.8 Å². The van der Waals surface area contributed by atoms with Gasteiger partial charge in [0.25, 0.3) is 0 Å². The van der Waals surface area contributed by atoms with E-state index in [9.17, 15) is 0 Å². The summed E-state index contributed by atoms with van der Waals surface area (Å²) in [5.41, 5.74) is 3.50. The smallest absolute Gasteiger partial charge is 0.0976 e. The maximum Gasteiger partial charge on any atom is 0.0976 e. The molecule has 13 heavy (non-hydrogen) atoms. The van der Waals surface area contributed by atoms with Crippen molar-refractivity contribution in [2.75, 3.05) is 0 Å². The summed E-state index contributed by atoms with van der Waals surface area (Å²) >= 11 is 9.57. The van der Waals surface area contributed by atoms with Gasteiger partial charge in [0.1, 0.15) is 0 Å². The van der Waals surface area contributed by atoms with Crippen LogP contribution < -0.4 is 0 Å². The molecule has 0 unspecified atom stereocenters. The van der Waals surface area contributed by atoms with Crippen LogP contribution in [0.3, 0.4) is 0 Å². The highest BCUT2D eigenvalue weighted by Gasteiger charge is 2.05. The molecule has 0 aliphatic carbocycles. The van der Waals surface area contributed by atoms with E-state index in [-0.39, 0.29) is 0 Å². The van der Waals surface area contributed by atoms with Crippen LogP contribution in [0.25, 0.3) is 10.2 Å². The number of halogens is 1. The second-order valence-corrected chi connectivity index (χ2v) is 4.16. The van der Waals surface area contributed by atoms with Gasteiger partial charge in [-0.15, -0.1) is 11.3 Å². The van der Waals surface area contributed by atoms with E-state index in [2.05, 4.69) is 43.3 Å². The molecular weight excluding hydrogens is 268 g/mol. The predicted molar refractivity (Wildman–Crippen MR) is 62.0 cm³/mol. The third-order valence-electron chi connectivity index (χ3n) is 1.59. The number of hydrogen-bond acceptors (Lipinski definition) is 4. The summed E-state index contributed by atoms with van der Waals surface area (Å²) in [6, 6.07) is 3.87. The molecule has 0 fully saturated rings. The van der Waals surface area contributed by atoms with E-state index in [1.807, 2.05) is 12.1 Å². The zero-order chi connectivity index (χ0) is 9.26. The summed E-state index contributed by atoms with van der Waals surface area (Å²) in [4.78, 5) is 8.13. The largest absolute Gasteiger partial charge is 0.243 e. The quantitative estimate of drug-likeness (QED) is 0.582. The number of benzene rings is 1. The van der Waals surface area contributed by atoms with E-state index in [0.717, 1.165) is 20.4 Å². The van der Waals surface area contributed by atoms with Gasteiger partial charge in [-0.1, -0.05) is 0 Å². The third-order valence-corrected chi connectivity index (χ3v) is 3.25. The van der Waals surface area contributed by atoms with E-state index in [1.165, 1.54) is 0 Å². The van der Waals surface area contributed by atoms with Crippen LogP contribution in [-0.4, -0.2) is 10.1 Å². The second-order valence-electron chi connectivity index (χ2n) is 2.30. The van der Waals surface area contributed by atoms with Crippen molar-refractivity contribution in [3.63, 3.8) is 0 Å². The molecule has 1 heterocycles. The first-order valence-electron chi connectivity index (χ1n) is 3.42. The lowest BCUT2D eigenvalue weighted by atomic mass is 10.3. The molecule has 0 atom stereocenters. The van der Waals surface area contributed by atoms with Gasteiger partial charge in [0, 0.05) is 0 Å². The van der Waals surface area contributed by atoms with Crippen LogP contribution in [0.5, 0.6) is 0 Å². The topological polar surface area (TPSA) is 25.2 Å². The van der Waals surface area contributed by atoms with Crippen LogP contribution in [-0.2, 0) is 0 Å². The molecule has 0 saturated heterocycles. The van der Waals surface area contributed by atoms with E-state index in [4.69, 9.17) is 0 Å². The number of thiocarbonyl (C=S) groups is 1. The normalized spacial score (nSPS) is 9.92. The predicted octanol–water partition coefficient (Wildman–Crippen LogP) is 3.79. The first-order valence-corrected chi connectivity index (χ1v) is 5.50. The van der Waals surface area contributed by atoms with Crippen molar-refractivity contribution in [2.45, 2.75) is 0 Å². The fourth-order valence-corrected chi connectivity index (χ4v) is 2.47. The Bertz CT molecular complexity index is 500. The van der Waals surface area contributed by atoms with Crippen molar-refractivity contribution in [3.05, 3.63) is 22.1 Å². The van der Waals surface area contributed by atoms with Crippen molar-refractivity contribution in [2.24, 2.45) is 4.99 Å². The zero-order valence-corrected chi connectivity index (χ0v) is 9.54. The van der Waals surface area contributed by atoms with Crippen LogP contribution in [0.4, 0.5) is 5.69 Å². The molecule has 5 heteroatoms. The van der Waals surface area contributed by atoms with Crippen molar-refractivity contribution in [1.29, 1.82) is 0 Å². The number of thiazole rings is 1. The van der Waals surface area contributed by atoms with Crippen LogP contribution in [0.1, 0.15) is 0 Å².